The molecule has 2 aliphatic rings. The molecule has 0 bridgehead atoms. The molecule has 8 rings (SSSR count). The van der Waals surface area contributed by atoms with Crippen molar-refractivity contribution in [1.29, 1.82) is 0 Å². The summed E-state index contributed by atoms with van der Waals surface area (Å²) in [4.78, 5) is 33.3. The van der Waals surface area contributed by atoms with Crippen molar-refractivity contribution in [3.05, 3.63) is 108 Å². The number of amides is 1. The normalized spacial score (nSPS) is 17.5. The highest BCUT2D eigenvalue weighted by Crippen LogP contribution is 2.68. The number of nitrogens with one attached hydrogen (secondary N) is 2. The Morgan fingerprint density at radius 1 is 1.03 bits per heavy atom. The Labute approximate surface area is 340 Å². The lowest BCUT2D eigenvalue weighted by Gasteiger charge is -2.24. The monoisotopic (exact) mass is 932 g/mol. The summed E-state index contributed by atoms with van der Waals surface area (Å²) in [6.45, 7) is -2.19. The fourth-order valence-electron chi connectivity index (χ4n) is 7.72. The SMILES string of the molecule is CS(=O)(=O)Nc1nn(CC(F)F)c2c(-n3c([C@H](Cc4cc(F)cc(F)c4)NC(=O)Cn4nc(C(F)F)c5c4C(F)(F)C4CC54)nc4cc(Br)ccc4c3=O)ccc(Cl)c12. The summed E-state index contributed by atoms with van der Waals surface area (Å²) in [5, 5.41) is 9.77. The number of nitrogens with zero attached hydrogens (tertiary/aromatic N) is 6. The maximum absolute atomic E-state index is 15.4. The van der Waals surface area contributed by atoms with E-state index in [0.717, 1.165) is 23.0 Å². The minimum Gasteiger partial charge on any atom is -0.344 e. The zero-order valence-electron chi connectivity index (χ0n) is 29.8. The van der Waals surface area contributed by atoms with Crippen LogP contribution in [0.5, 0.6) is 0 Å². The van der Waals surface area contributed by atoms with Gasteiger partial charge in [-0.05, 0) is 60.4 Å². The summed E-state index contributed by atoms with van der Waals surface area (Å²) in [7, 11) is -4.10. The first-order valence-corrected chi connectivity index (χ1v) is 20.5. The van der Waals surface area contributed by atoms with Crippen LogP contribution in [0.25, 0.3) is 27.5 Å². The number of carbonyl (C=O) groups is 1. The number of benzene rings is 3. The van der Waals surface area contributed by atoms with Crippen LogP contribution >= 0.6 is 27.5 Å². The van der Waals surface area contributed by atoms with Crippen LogP contribution in [-0.2, 0) is 40.3 Å². The zero-order valence-corrected chi connectivity index (χ0v) is 33.0. The Morgan fingerprint density at radius 2 is 1.75 bits per heavy atom. The van der Waals surface area contributed by atoms with E-state index < -0.39 is 112 Å². The maximum Gasteiger partial charge on any atom is 0.293 e. The van der Waals surface area contributed by atoms with E-state index in [1.807, 2.05) is 0 Å². The third-order valence-electron chi connectivity index (χ3n) is 9.98. The number of halogens is 10. The van der Waals surface area contributed by atoms with E-state index in [1.165, 1.54) is 30.3 Å². The number of carbonyl (C=O) groups excluding carboxylic acids is 1. The fraction of sp³-hybridized carbons (Fsp3) is 0.306. The predicted octanol–water partition coefficient (Wildman–Crippen LogP) is 7.51. The summed E-state index contributed by atoms with van der Waals surface area (Å²) in [6, 6.07) is 7.46. The van der Waals surface area contributed by atoms with Gasteiger partial charge in [-0.15, -0.1) is 0 Å². The van der Waals surface area contributed by atoms with Gasteiger partial charge in [-0.3, -0.25) is 28.2 Å². The molecule has 1 fully saturated rings. The molecule has 6 aromatic rings. The van der Waals surface area contributed by atoms with E-state index in [1.54, 1.807) is 0 Å². The summed E-state index contributed by atoms with van der Waals surface area (Å²) in [5.74, 6) is -9.78. The number of anilines is 1. The zero-order chi connectivity index (χ0) is 42.5. The molecule has 3 aromatic carbocycles. The van der Waals surface area contributed by atoms with Crippen LogP contribution < -0.4 is 15.6 Å². The number of fused-ring (bicyclic) bond motifs is 5. The molecule has 1 amide bonds. The standard InChI is InChI=1S/C36H26BrClF8N8O4S/c1-59(57,58)51-33-28-21(38)4-5-24(30(28)52(50-33)12-25(41)42)54-34(48-22-9-15(37)2-3-18(22)35(54)56)23(8-14-6-16(39)10-17(40)7-14)47-26(55)13-53-31-27(29(49-53)32(43)44)19-11-20(19)36(31,45)46/h2-7,9-10,19-20,23,25,32H,8,11-13H2,1H3,(H,47,55)(H,50,51)/t19?,20?,23-/m0/s1. The second kappa shape index (κ2) is 14.6. The largest absolute Gasteiger partial charge is 0.344 e. The van der Waals surface area contributed by atoms with Gasteiger partial charge in [0.05, 0.1) is 44.8 Å². The highest BCUT2D eigenvalue weighted by Gasteiger charge is 2.67. The van der Waals surface area contributed by atoms with E-state index >= 15 is 8.78 Å². The molecule has 23 heteroatoms. The quantitative estimate of drug-likeness (QED) is 0.121. The summed E-state index contributed by atoms with van der Waals surface area (Å²) < 4.78 is 146. The van der Waals surface area contributed by atoms with Crippen molar-refractivity contribution < 1.29 is 48.3 Å². The molecule has 0 spiro atoms. The number of sulfonamides is 1. The van der Waals surface area contributed by atoms with Crippen LogP contribution in [0.15, 0.2) is 57.8 Å². The molecule has 3 aromatic heterocycles. The number of hydrogen-bond acceptors (Lipinski definition) is 7. The van der Waals surface area contributed by atoms with Crippen molar-refractivity contribution in [3.63, 3.8) is 0 Å². The smallest absolute Gasteiger partial charge is 0.293 e. The van der Waals surface area contributed by atoms with Crippen molar-refractivity contribution in [1.82, 2.24) is 34.4 Å². The van der Waals surface area contributed by atoms with Gasteiger partial charge in [-0.2, -0.15) is 19.0 Å². The molecule has 2 N–H and O–H groups in total. The van der Waals surface area contributed by atoms with Crippen molar-refractivity contribution in [3.8, 4) is 5.69 Å². The molecule has 0 radical (unpaired) electrons. The van der Waals surface area contributed by atoms with Crippen LogP contribution in [0.3, 0.4) is 0 Å². The highest BCUT2D eigenvalue weighted by molar-refractivity contribution is 9.10. The van der Waals surface area contributed by atoms with Crippen molar-refractivity contribution in [2.24, 2.45) is 5.92 Å². The Kier molecular flexibility index (Phi) is 10.0. The van der Waals surface area contributed by atoms with Gasteiger partial charge in [0.15, 0.2) is 5.82 Å². The number of hydrogen-bond donors (Lipinski definition) is 2. The van der Waals surface area contributed by atoms with Crippen LogP contribution in [-0.4, -0.2) is 56.1 Å². The minimum atomic E-state index is -4.10. The van der Waals surface area contributed by atoms with E-state index in [-0.39, 0.29) is 50.1 Å². The lowest BCUT2D eigenvalue weighted by atomic mass is 10.0. The first-order chi connectivity index (χ1) is 27.7. The fourth-order valence-corrected chi connectivity index (χ4v) is 8.81. The summed E-state index contributed by atoms with van der Waals surface area (Å²) in [6.07, 6.45) is -6.14. The van der Waals surface area contributed by atoms with Gasteiger partial charge < -0.3 is 5.32 Å². The molecule has 0 aliphatic heterocycles. The number of alkyl halides is 6. The topological polar surface area (TPSA) is 146 Å². The average Bonchev–Trinajstić information content (AvgIpc) is 3.65. The van der Waals surface area contributed by atoms with E-state index in [9.17, 15) is 44.3 Å². The van der Waals surface area contributed by atoms with Crippen LogP contribution in [0.1, 0.15) is 53.1 Å². The third-order valence-corrected chi connectivity index (χ3v) is 11.4. The maximum atomic E-state index is 15.4. The number of rotatable bonds is 12. The highest BCUT2D eigenvalue weighted by atomic mass is 79.9. The second-order valence-corrected chi connectivity index (χ2v) is 17.2. The molecule has 2 unspecified atom stereocenters. The Hall–Kier alpha value is -5.09. The molecule has 2 aliphatic carbocycles. The molecule has 310 valence electrons. The minimum absolute atomic E-state index is 0.00337. The summed E-state index contributed by atoms with van der Waals surface area (Å²) >= 11 is 9.81. The third kappa shape index (κ3) is 7.42. The van der Waals surface area contributed by atoms with Crippen LogP contribution in [0, 0.1) is 17.6 Å². The first kappa shape index (κ1) is 40.7. The number of aromatic nitrogens is 6. The Bertz CT molecular complexity index is 2890. The molecular formula is C36H26BrClF8N8O4S. The van der Waals surface area contributed by atoms with Crippen LogP contribution in [0.4, 0.5) is 40.9 Å². The van der Waals surface area contributed by atoms with E-state index in [4.69, 9.17) is 11.6 Å². The van der Waals surface area contributed by atoms with Crippen LogP contribution in [0.2, 0.25) is 5.02 Å². The van der Waals surface area contributed by atoms with Gasteiger partial charge in [-0.1, -0.05) is 27.5 Å². The Balaban J connectivity index is 1.34. The van der Waals surface area contributed by atoms with E-state index in [0.29, 0.717) is 19.9 Å². The molecular weight excluding hydrogens is 908 g/mol. The van der Waals surface area contributed by atoms with Gasteiger partial charge >= 0.3 is 0 Å². The van der Waals surface area contributed by atoms with Crippen molar-refractivity contribution in [2.75, 3.05) is 11.0 Å². The van der Waals surface area contributed by atoms with Gasteiger partial charge in [-0.25, -0.2) is 39.7 Å². The average molecular weight is 934 g/mol. The molecule has 12 nitrogen and oxygen atoms in total. The summed E-state index contributed by atoms with van der Waals surface area (Å²) in [5.41, 5.74) is -3.65. The molecule has 3 atom stereocenters. The molecule has 1 saturated carbocycles. The lowest BCUT2D eigenvalue weighted by molar-refractivity contribution is -0.123. The van der Waals surface area contributed by atoms with Crippen molar-refractivity contribution >= 4 is 71.1 Å². The van der Waals surface area contributed by atoms with Crippen molar-refractivity contribution in [2.45, 2.75) is 56.7 Å². The van der Waals surface area contributed by atoms with Gasteiger partial charge in [0.25, 0.3) is 24.3 Å². The lowest BCUT2D eigenvalue weighted by Crippen LogP contribution is -2.38. The molecule has 0 saturated heterocycles. The molecule has 3 heterocycles. The Morgan fingerprint density at radius 3 is 2.41 bits per heavy atom. The predicted molar refractivity (Wildman–Crippen MR) is 201 cm³/mol. The molecule has 59 heavy (non-hydrogen) atoms. The van der Waals surface area contributed by atoms with Gasteiger partial charge in [0.2, 0.25) is 15.9 Å². The van der Waals surface area contributed by atoms with Gasteiger partial charge in [0, 0.05) is 28.4 Å². The second-order valence-electron chi connectivity index (χ2n) is 14.1. The first-order valence-electron chi connectivity index (χ1n) is 17.4. The van der Waals surface area contributed by atoms with Gasteiger partial charge in [0.1, 0.15) is 41.9 Å². The van der Waals surface area contributed by atoms with E-state index in [2.05, 4.69) is 41.2 Å².